The second-order valence-corrected chi connectivity index (χ2v) is 6.56. The minimum absolute atomic E-state index is 0.210. The van der Waals surface area contributed by atoms with Crippen molar-refractivity contribution in [3.05, 3.63) is 45.0 Å². The Hall–Kier alpha value is -2.01. The fourth-order valence-corrected chi connectivity index (χ4v) is 3.41. The Labute approximate surface area is 133 Å². The highest BCUT2D eigenvalue weighted by atomic mass is 19.1. The number of carbonyl (C=O) groups is 1. The van der Waals surface area contributed by atoms with Crippen molar-refractivity contribution in [1.82, 2.24) is 4.98 Å². The number of aromatic nitrogens is 1. The van der Waals surface area contributed by atoms with Crippen LogP contribution in [0, 0.1) is 12.7 Å². The third kappa shape index (κ3) is 2.59. The molecule has 23 heavy (non-hydrogen) atoms. The number of ketones is 1. The van der Waals surface area contributed by atoms with E-state index in [1.54, 1.807) is 6.92 Å². The number of carbonyl (C=O) groups excluding carboxylic acids is 1. The summed E-state index contributed by atoms with van der Waals surface area (Å²) in [7, 11) is 0. The van der Waals surface area contributed by atoms with Crippen molar-refractivity contribution in [2.24, 2.45) is 0 Å². The first-order valence-electron chi connectivity index (χ1n) is 7.79. The van der Waals surface area contributed by atoms with E-state index in [1.807, 2.05) is 0 Å². The van der Waals surface area contributed by atoms with Crippen molar-refractivity contribution in [3.63, 3.8) is 0 Å². The molecule has 1 fully saturated rings. The minimum atomic E-state index is -0.572. The van der Waals surface area contributed by atoms with Gasteiger partial charge < -0.3 is 9.72 Å². The number of H-pyrrole nitrogens is 1. The minimum Gasteiger partial charge on any atom is -0.381 e. The van der Waals surface area contributed by atoms with Gasteiger partial charge in [-0.1, -0.05) is 6.92 Å². The SMILES string of the molecule is CC(=O)c1cc(F)cc2c(=O)c(C)c(C3(C)CCOCC3)[nH]c12. The number of Topliss-reactive ketones (excluding diaryl/α,β-unsaturated/α-hetero) is 1. The molecule has 1 aromatic heterocycles. The Balaban J connectivity index is 2.35. The van der Waals surface area contributed by atoms with E-state index in [1.165, 1.54) is 19.1 Å². The van der Waals surface area contributed by atoms with Crippen molar-refractivity contribution in [1.29, 1.82) is 0 Å². The zero-order chi connectivity index (χ0) is 16.8. The van der Waals surface area contributed by atoms with Gasteiger partial charge in [-0.2, -0.15) is 0 Å². The molecule has 1 aliphatic rings. The lowest BCUT2D eigenvalue weighted by Crippen LogP contribution is -2.34. The normalized spacial score (nSPS) is 17.4. The molecule has 4 nitrogen and oxygen atoms in total. The number of ether oxygens (including phenoxy) is 1. The highest BCUT2D eigenvalue weighted by Crippen LogP contribution is 2.35. The van der Waals surface area contributed by atoms with Crippen LogP contribution in [0.15, 0.2) is 16.9 Å². The number of hydrogen-bond donors (Lipinski definition) is 1. The fourth-order valence-electron chi connectivity index (χ4n) is 3.41. The van der Waals surface area contributed by atoms with Crippen LogP contribution in [0.2, 0.25) is 0 Å². The molecule has 0 amide bonds. The van der Waals surface area contributed by atoms with Gasteiger partial charge in [0.15, 0.2) is 11.2 Å². The van der Waals surface area contributed by atoms with E-state index in [2.05, 4.69) is 11.9 Å². The summed E-state index contributed by atoms with van der Waals surface area (Å²) in [4.78, 5) is 27.9. The predicted octanol–water partition coefficient (Wildman–Crippen LogP) is 3.25. The molecule has 0 radical (unpaired) electrons. The second kappa shape index (κ2) is 5.57. The molecular weight excluding hydrogens is 297 g/mol. The monoisotopic (exact) mass is 317 g/mol. The zero-order valence-corrected chi connectivity index (χ0v) is 13.6. The smallest absolute Gasteiger partial charge is 0.192 e. The molecular formula is C18H20FNO3. The molecule has 1 saturated heterocycles. The average molecular weight is 317 g/mol. The number of nitrogens with one attached hydrogen (secondary N) is 1. The number of aromatic amines is 1. The summed E-state index contributed by atoms with van der Waals surface area (Å²) in [5.74, 6) is -0.838. The van der Waals surface area contributed by atoms with Gasteiger partial charge >= 0.3 is 0 Å². The number of fused-ring (bicyclic) bond motifs is 1. The maximum Gasteiger partial charge on any atom is 0.192 e. The summed E-state index contributed by atoms with van der Waals surface area (Å²) in [6.45, 7) is 6.50. The Morgan fingerprint density at radius 2 is 1.96 bits per heavy atom. The molecule has 0 atom stereocenters. The molecule has 0 bridgehead atoms. The summed E-state index contributed by atoms with van der Waals surface area (Å²) >= 11 is 0. The molecule has 3 rings (SSSR count). The summed E-state index contributed by atoms with van der Waals surface area (Å²) in [6, 6.07) is 2.38. The molecule has 5 heteroatoms. The Bertz CT molecular complexity index is 847. The van der Waals surface area contributed by atoms with Gasteiger partial charge in [-0.15, -0.1) is 0 Å². The standard InChI is InChI=1S/C18H20FNO3/c1-10-16(22)14-9-12(19)8-13(11(2)21)15(14)20-17(10)18(3)4-6-23-7-5-18/h8-9H,4-7H2,1-3H3,(H,20,22). The van der Waals surface area contributed by atoms with Gasteiger partial charge in [-0.25, -0.2) is 4.39 Å². The van der Waals surface area contributed by atoms with Crippen molar-refractivity contribution in [3.8, 4) is 0 Å². The highest BCUT2D eigenvalue weighted by molar-refractivity contribution is 6.05. The lowest BCUT2D eigenvalue weighted by Gasteiger charge is -2.35. The van der Waals surface area contributed by atoms with Crippen molar-refractivity contribution in [2.75, 3.05) is 13.2 Å². The van der Waals surface area contributed by atoms with E-state index >= 15 is 0 Å². The third-order valence-corrected chi connectivity index (χ3v) is 4.89. The van der Waals surface area contributed by atoms with E-state index in [0.717, 1.165) is 18.5 Å². The lowest BCUT2D eigenvalue weighted by atomic mass is 9.77. The molecule has 2 heterocycles. The number of benzene rings is 1. The number of rotatable bonds is 2. The third-order valence-electron chi connectivity index (χ3n) is 4.89. The zero-order valence-electron chi connectivity index (χ0n) is 13.6. The predicted molar refractivity (Wildman–Crippen MR) is 86.7 cm³/mol. The van der Waals surface area contributed by atoms with Crippen LogP contribution < -0.4 is 5.43 Å². The Morgan fingerprint density at radius 1 is 1.30 bits per heavy atom. The van der Waals surface area contributed by atoms with Crippen LogP contribution in [0.3, 0.4) is 0 Å². The van der Waals surface area contributed by atoms with Crippen LogP contribution >= 0.6 is 0 Å². The maximum atomic E-state index is 13.8. The van der Waals surface area contributed by atoms with Crippen LogP contribution in [-0.2, 0) is 10.2 Å². The van der Waals surface area contributed by atoms with Gasteiger partial charge in [0.1, 0.15) is 5.82 Å². The molecule has 1 N–H and O–H groups in total. The van der Waals surface area contributed by atoms with Gasteiger partial charge in [0.25, 0.3) is 0 Å². The quantitative estimate of drug-likeness (QED) is 0.865. The van der Waals surface area contributed by atoms with Gasteiger partial charge in [-0.05, 0) is 38.8 Å². The van der Waals surface area contributed by atoms with E-state index in [0.29, 0.717) is 24.3 Å². The van der Waals surface area contributed by atoms with Gasteiger partial charge in [0.2, 0.25) is 0 Å². The molecule has 122 valence electrons. The van der Waals surface area contributed by atoms with Crippen LogP contribution in [0.25, 0.3) is 10.9 Å². The van der Waals surface area contributed by atoms with Gasteiger partial charge in [0, 0.05) is 40.8 Å². The number of halogens is 1. The van der Waals surface area contributed by atoms with Gasteiger partial charge in [0.05, 0.1) is 5.52 Å². The molecule has 0 unspecified atom stereocenters. The molecule has 0 aliphatic carbocycles. The van der Waals surface area contributed by atoms with Crippen molar-refractivity contribution >= 4 is 16.7 Å². The summed E-state index contributed by atoms with van der Waals surface area (Å²) in [5, 5.41) is 0.229. The first-order chi connectivity index (χ1) is 10.8. The van der Waals surface area contributed by atoms with E-state index in [9.17, 15) is 14.0 Å². The maximum absolute atomic E-state index is 13.8. The van der Waals surface area contributed by atoms with E-state index in [-0.39, 0.29) is 27.6 Å². The molecule has 1 aliphatic heterocycles. The molecule has 0 saturated carbocycles. The highest BCUT2D eigenvalue weighted by Gasteiger charge is 2.33. The van der Waals surface area contributed by atoms with Gasteiger partial charge in [-0.3, -0.25) is 9.59 Å². The number of hydrogen-bond acceptors (Lipinski definition) is 3. The van der Waals surface area contributed by atoms with Crippen LogP contribution in [0.5, 0.6) is 0 Å². The van der Waals surface area contributed by atoms with E-state index < -0.39 is 5.82 Å². The summed E-state index contributed by atoms with van der Waals surface area (Å²) in [6.07, 6.45) is 1.60. The lowest BCUT2D eigenvalue weighted by molar-refractivity contribution is 0.0549. The van der Waals surface area contributed by atoms with Crippen LogP contribution in [0.4, 0.5) is 4.39 Å². The Morgan fingerprint density at radius 3 is 2.57 bits per heavy atom. The average Bonchev–Trinajstić information content (AvgIpc) is 2.51. The van der Waals surface area contributed by atoms with Crippen molar-refractivity contribution < 1.29 is 13.9 Å². The summed E-state index contributed by atoms with van der Waals surface area (Å²) in [5.41, 5.74) is 1.63. The fraction of sp³-hybridized carbons (Fsp3) is 0.444. The molecule has 0 spiro atoms. The summed E-state index contributed by atoms with van der Waals surface area (Å²) < 4.78 is 19.2. The molecule has 1 aromatic carbocycles. The van der Waals surface area contributed by atoms with Crippen molar-refractivity contribution in [2.45, 2.75) is 39.0 Å². The van der Waals surface area contributed by atoms with Crippen LogP contribution in [-0.4, -0.2) is 24.0 Å². The second-order valence-electron chi connectivity index (χ2n) is 6.56. The first kappa shape index (κ1) is 15.9. The first-order valence-corrected chi connectivity index (χ1v) is 7.79. The molecule has 2 aromatic rings. The van der Waals surface area contributed by atoms with Crippen LogP contribution in [0.1, 0.15) is 48.3 Å². The largest absolute Gasteiger partial charge is 0.381 e. The number of pyridine rings is 1. The Kier molecular flexibility index (Phi) is 3.84. The topological polar surface area (TPSA) is 59.2 Å². The van der Waals surface area contributed by atoms with E-state index in [4.69, 9.17) is 4.74 Å².